The van der Waals surface area contributed by atoms with E-state index in [9.17, 15) is 0 Å². The van der Waals surface area contributed by atoms with Crippen molar-refractivity contribution in [3.8, 4) is 0 Å². The number of benzene rings is 1. The van der Waals surface area contributed by atoms with Gasteiger partial charge in [0.2, 0.25) is 0 Å². The van der Waals surface area contributed by atoms with Crippen molar-refractivity contribution in [1.29, 1.82) is 0 Å². The van der Waals surface area contributed by atoms with E-state index in [1.165, 1.54) is 0 Å². The van der Waals surface area contributed by atoms with Crippen molar-refractivity contribution in [2.45, 2.75) is 12.8 Å². The van der Waals surface area contributed by atoms with Crippen LogP contribution in [0.4, 0.5) is 0 Å². The maximum atomic E-state index is 5.08. The predicted molar refractivity (Wildman–Crippen MR) is 55.3 cm³/mol. The number of hydrogen-bond donors (Lipinski definition) is 0. The van der Waals surface area contributed by atoms with Crippen LogP contribution in [0.3, 0.4) is 0 Å². The molecule has 1 aromatic carbocycles. The second-order valence-corrected chi connectivity index (χ2v) is 3.14. The molecule has 0 radical (unpaired) electrons. The summed E-state index contributed by atoms with van der Waals surface area (Å²) in [4.78, 5) is 1.59. The number of fused-ring (bicyclic) bond motifs is 1. The van der Waals surface area contributed by atoms with Crippen molar-refractivity contribution < 1.29 is 9.47 Å². The molecule has 0 bridgehead atoms. The lowest BCUT2D eigenvalue weighted by molar-refractivity contribution is -0.114. The van der Waals surface area contributed by atoms with Gasteiger partial charge in [-0.3, -0.25) is 0 Å². The largest absolute Gasteiger partial charge is 0.354 e. The first-order valence-corrected chi connectivity index (χ1v) is 4.69. The lowest BCUT2D eigenvalue weighted by atomic mass is 10.3. The summed E-state index contributed by atoms with van der Waals surface area (Å²) in [6.07, 6.45) is -0.313. The number of hydrogen-bond acceptors (Lipinski definition) is 4. The SMILES string of the molecule is COC(Cn1nc2ccccc2n1)OC. The second-order valence-electron chi connectivity index (χ2n) is 3.14. The van der Waals surface area contributed by atoms with E-state index < -0.39 is 0 Å². The molecule has 1 aromatic heterocycles. The third-order valence-electron chi connectivity index (χ3n) is 2.17. The summed E-state index contributed by atoms with van der Waals surface area (Å²) in [5, 5.41) is 8.59. The van der Waals surface area contributed by atoms with E-state index in [-0.39, 0.29) is 6.29 Å². The van der Waals surface area contributed by atoms with Crippen LogP contribution in [0, 0.1) is 0 Å². The molecule has 0 aliphatic heterocycles. The first kappa shape index (κ1) is 10.1. The maximum Gasteiger partial charge on any atom is 0.178 e. The topological polar surface area (TPSA) is 49.2 Å². The monoisotopic (exact) mass is 207 g/mol. The van der Waals surface area contributed by atoms with Gasteiger partial charge < -0.3 is 9.47 Å². The van der Waals surface area contributed by atoms with Gasteiger partial charge in [0.1, 0.15) is 17.6 Å². The van der Waals surface area contributed by atoms with Crippen LogP contribution in [0.25, 0.3) is 11.0 Å². The van der Waals surface area contributed by atoms with Crippen LogP contribution < -0.4 is 0 Å². The Balaban J connectivity index is 2.21. The zero-order chi connectivity index (χ0) is 10.7. The Kier molecular flexibility index (Phi) is 2.94. The van der Waals surface area contributed by atoms with Crippen LogP contribution in [-0.2, 0) is 16.0 Å². The molecule has 0 spiro atoms. The third-order valence-corrected chi connectivity index (χ3v) is 2.17. The van der Waals surface area contributed by atoms with Gasteiger partial charge >= 0.3 is 0 Å². The fraction of sp³-hybridized carbons (Fsp3) is 0.400. The molecule has 0 aliphatic carbocycles. The van der Waals surface area contributed by atoms with Gasteiger partial charge in [-0.05, 0) is 12.1 Å². The molecule has 15 heavy (non-hydrogen) atoms. The van der Waals surface area contributed by atoms with E-state index in [1.54, 1.807) is 19.0 Å². The summed E-state index contributed by atoms with van der Waals surface area (Å²) in [7, 11) is 3.19. The molecule has 80 valence electrons. The predicted octanol–water partition coefficient (Wildman–Crippen LogP) is 1.05. The molecule has 0 amide bonds. The quantitative estimate of drug-likeness (QED) is 0.703. The first-order chi connectivity index (χ1) is 7.33. The molecule has 0 saturated carbocycles. The van der Waals surface area contributed by atoms with Crippen LogP contribution in [-0.4, -0.2) is 35.5 Å². The molecule has 0 aliphatic rings. The molecule has 5 nitrogen and oxygen atoms in total. The van der Waals surface area contributed by atoms with E-state index >= 15 is 0 Å². The van der Waals surface area contributed by atoms with Gasteiger partial charge in [-0.15, -0.1) is 0 Å². The molecule has 0 atom stereocenters. The zero-order valence-electron chi connectivity index (χ0n) is 8.75. The first-order valence-electron chi connectivity index (χ1n) is 4.69. The third kappa shape index (κ3) is 2.14. The zero-order valence-corrected chi connectivity index (χ0v) is 8.75. The highest BCUT2D eigenvalue weighted by atomic mass is 16.7. The van der Waals surface area contributed by atoms with Crippen molar-refractivity contribution in [3.05, 3.63) is 24.3 Å². The van der Waals surface area contributed by atoms with Gasteiger partial charge in [0.05, 0.1) is 0 Å². The second kappa shape index (κ2) is 4.37. The Hall–Kier alpha value is -1.46. The minimum Gasteiger partial charge on any atom is -0.354 e. The summed E-state index contributed by atoms with van der Waals surface area (Å²) in [5.41, 5.74) is 1.76. The van der Waals surface area contributed by atoms with Crippen molar-refractivity contribution in [2.75, 3.05) is 14.2 Å². The van der Waals surface area contributed by atoms with E-state index in [0.29, 0.717) is 6.54 Å². The standard InChI is InChI=1S/C10H13N3O2/c1-14-10(15-2)7-13-11-8-5-3-4-6-9(8)12-13/h3-6,10H,7H2,1-2H3. The van der Waals surface area contributed by atoms with Crippen LogP contribution in [0.2, 0.25) is 0 Å². The number of methoxy groups -OCH3 is 2. The van der Waals surface area contributed by atoms with Gasteiger partial charge in [-0.2, -0.15) is 15.0 Å². The summed E-state index contributed by atoms with van der Waals surface area (Å²) < 4.78 is 10.2. The smallest absolute Gasteiger partial charge is 0.178 e. The van der Waals surface area contributed by atoms with Crippen molar-refractivity contribution in [2.24, 2.45) is 0 Å². The highest BCUT2D eigenvalue weighted by molar-refractivity contribution is 5.72. The summed E-state index contributed by atoms with van der Waals surface area (Å²) >= 11 is 0. The lowest BCUT2D eigenvalue weighted by Gasteiger charge is -2.11. The fourth-order valence-electron chi connectivity index (χ4n) is 1.36. The lowest BCUT2D eigenvalue weighted by Crippen LogP contribution is -2.21. The average molecular weight is 207 g/mol. The van der Waals surface area contributed by atoms with Crippen molar-refractivity contribution in [1.82, 2.24) is 15.0 Å². The summed E-state index contributed by atoms with van der Waals surface area (Å²) in [6.45, 7) is 0.488. The Morgan fingerprint density at radius 1 is 1.13 bits per heavy atom. The Morgan fingerprint density at radius 3 is 2.13 bits per heavy atom. The molecule has 2 aromatic rings. The number of nitrogens with zero attached hydrogens (tertiary/aromatic N) is 3. The van der Waals surface area contributed by atoms with Crippen LogP contribution >= 0.6 is 0 Å². The Morgan fingerprint density at radius 2 is 1.67 bits per heavy atom. The highest BCUT2D eigenvalue weighted by Gasteiger charge is 2.08. The molecule has 0 unspecified atom stereocenters. The van der Waals surface area contributed by atoms with Crippen molar-refractivity contribution >= 4 is 11.0 Å². The fourth-order valence-corrected chi connectivity index (χ4v) is 1.36. The van der Waals surface area contributed by atoms with E-state index in [2.05, 4.69) is 10.2 Å². The van der Waals surface area contributed by atoms with Gasteiger partial charge in [-0.25, -0.2) is 0 Å². The molecule has 0 N–H and O–H groups in total. The Labute approximate surface area is 87.6 Å². The van der Waals surface area contributed by atoms with E-state index in [4.69, 9.17) is 9.47 Å². The molecule has 5 heteroatoms. The highest BCUT2D eigenvalue weighted by Crippen LogP contribution is 2.07. The van der Waals surface area contributed by atoms with E-state index in [1.807, 2.05) is 24.3 Å². The number of aromatic nitrogens is 3. The van der Waals surface area contributed by atoms with Gasteiger partial charge in [0.15, 0.2) is 6.29 Å². The summed E-state index contributed by atoms with van der Waals surface area (Å²) in [6, 6.07) is 7.72. The van der Waals surface area contributed by atoms with Crippen molar-refractivity contribution in [3.63, 3.8) is 0 Å². The molecule has 0 fully saturated rings. The van der Waals surface area contributed by atoms with Gasteiger partial charge in [-0.1, -0.05) is 12.1 Å². The number of rotatable bonds is 4. The van der Waals surface area contributed by atoms with Crippen LogP contribution in [0.5, 0.6) is 0 Å². The van der Waals surface area contributed by atoms with Gasteiger partial charge in [0.25, 0.3) is 0 Å². The molecule has 2 rings (SSSR count). The minimum absolute atomic E-state index is 0.313. The molecular formula is C10H13N3O2. The Bertz CT molecular complexity index is 404. The average Bonchev–Trinajstić information content (AvgIpc) is 2.68. The normalized spacial score (nSPS) is 11.4. The summed E-state index contributed by atoms with van der Waals surface area (Å²) in [5.74, 6) is 0. The molecule has 0 saturated heterocycles. The minimum atomic E-state index is -0.313. The molecule has 1 heterocycles. The van der Waals surface area contributed by atoms with Crippen LogP contribution in [0.15, 0.2) is 24.3 Å². The van der Waals surface area contributed by atoms with Gasteiger partial charge in [0, 0.05) is 14.2 Å². The van der Waals surface area contributed by atoms with E-state index in [0.717, 1.165) is 11.0 Å². The maximum absolute atomic E-state index is 5.08. The number of ether oxygens (including phenoxy) is 2. The van der Waals surface area contributed by atoms with Crippen LogP contribution in [0.1, 0.15) is 0 Å². The molecular weight excluding hydrogens is 194 g/mol.